The molecule has 1 aromatic heterocycles. The lowest BCUT2D eigenvalue weighted by atomic mass is 9.87. The molecule has 2 N–H and O–H groups in total. The highest BCUT2D eigenvalue weighted by molar-refractivity contribution is 6.36. The molecular weight excluding hydrogens is 1150 g/mol. The van der Waals surface area contributed by atoms with E-state index >= 15 is 4.32 Å². The van der Waals surface area contributed by atoms with Crippen molar-refractivity contribution >= 4 is 76.5 Å². The molecule has 0 atom stereocenters. The summed E-state index contributed by atoms with van der Waals surface area (Å²) in [6.07, 6.45) is 1.00. The Morgan fingerprint density at radius 1 is 0.598 bits per heavy atom. The molecule has 92 heavy (non-hydrogen) atoms. The third-order valence-electron chi connectivity index (χ3n) is 17.0. The van der Waals surface area contributed by atoms with Crippen LogP contribution in [0.5, 0.6) is 5.75 Å². The molecule has 0 spiro atoms. The SMILES string of the molecule is C=C(C)C(C(=O)OCc1ccccc1)=C(C)C(N)=C(c1c(C)cc(OC(=O)CCCc2ccc(N3C(=O)c4cccc5c(-c6ccc(N(c7ccccc7)c7ccccc7)cc6)ccc(c45)C3=O)cc2)cc1C)c1c(C)c(C(=O)OCc2ccccc2)c(C)n1[BH2-]F. The van der Waals surface area contributed by atoms with Crippen LogP contribution < -0.4 is 20.3 Å². The van der Waals surface area contributed by atoms with Gasteiger partial charge < -0.3 is 33.6 Å². The number of carbonyl (C=O) groups excluding carboxylic acids is 5. The number of nitrogens with two attached hydrogens (primary N) is 1. The second kappa shape index (κ2) is 27.3. The highest BCUT2D eigenvalue weighted by atomic mass is 19.1. The number of aromatic nitrogens is 1. The Bertz CT molecular complexity index is 4480. The van der Waals surface area contributed by atoms with E-state index in [1.807, 2.05) is 147 Å². The van der Waals surface area contributed by atoms with E-state index in [2.05, 4.69) is 60.0 Å². The Labute approximate surface area is 535 Å². The molecule has 1 aliphatic heterocycles. The molecule has 1 aliphatic rings. The third kappa shape index (κ3) is 12.7. The normalized spacial score (nSPS) is 12.5. The molecule has 2 amide bonds. The molecule has 0 saturated carbocycles. The summed E-state index contributed by atoms with van der Waals surface area (Å²) < 4.78 is 34.9. The first-order valence-electron chi connectivity index (χ1n) is 30.7. The minimum atomic E-state index is -2.43. The lowest BCUT2D eigenvalue weighted by molar-refractivity contribution is -0.140. The van der Waals surface area contributed by atoms with Crippen molar-refractivity contribution in [2.75, 3.05) is 9.80 Å². The van der Waals surface area contributed by atoms with Gasteiger partial charge in [0.25, 0.3) is 11.8 Å². The van der Waals surface area contributed by atoms with E-state index in [1.54, 1.807) is 58.0 Å². The van der Waals surface area contributed by atoms with E-state index in [9.17, 15) is 24.0 Å². The van der Waals surface area contributed by atoms with Gasteiger partial charge in [0.05, 0.1) is 16.8 Å². The average molecular weight is 1220 g/mol. The van der Waals surface area contributed by atoms with E-state index in [4.69, 9.17) is 19.9 Å². The number of ether oxygens (including phenoxy) is 3. The van der Waals surface area contributed by atoms with Crippen LogP contribution in [-0.4, -0.2) is 41.9 Å². The molecule has 0 radical (unpaired) electrons. The fourth-order valence-electron chi connectivity index (χ4n) is 12.6. The predicted molar refractivity (Wildman–Crippen MR) is 365 cm³/mol. The van der Waals surface area contributed by atoms with Crippen LogP contribution in [0.25, 0.3) is 27.5 Å². The zero-order chi connectivity index (χ0) is 64.7. The molecule has 0 fully saturated rings. The Balaban J connectivity index is 0.800. The lowest BCUT2D eigenvalue weighted by Gasteiger charge is -2.28. The van der Waals surface area contributed by atoms with Gasteiger partial charge in [0, 0.05) is 57.0 Å². The molecular formula is C78H69BFN4O8-. The van der Waals surface area contributed by atoms with Crippen LogP contribution in [0.15, 0.2) is 241 Å². The number of benzene rings is 9. The second-order valence-electron chi connectivity index (χ2n) is 23.2. The summed E-state index contributed by atoms with van der Waals surface area (Å²) in [5.74, 6) is -2.32. The van der Waals surface area contributed by atoms with Crippen LogP contribution in [0.1, 0.15) is 108 Å². The molecule has 12 nitrogen and oxygen atoms in total. The number of esters is 3. The van der Waals surface area contributed by atoms with Crippen molar-refractivity contribution in [2.45, 2.75) is 74.0 Å². The number of carbonyl (C=O) groups is 5. The topological polar surface area (TPSA) is 150 Å². The number of allylic oxidation sites excluding steroid dienone is 1. The fourth-order valence-corrected chi connectivity index (χ4v) is 12.6. The highest BCUT2D eigenvalue weighted by Crippen LogP contribution is 2.43. The first kappa shape index (κ1) is 62.5. The van der Waals surface area contributed by atoms with Gasteiger partial charge in [0.15, 0.2) is 0 Å². The number of amides is 2. The molecule has 10 aromatic rings. The quantitative estimate of drug-likeness (QED) is 0.0184. The molecule has 14 heteroatoms. The van der Waals surface area contributed by atoms with Crippen molar-refractivity contribution in [2.24, 2.45) is 5.73 Å². The Morgan fingerprint density at radius 3 is 1.70 bits per heavy atom. The smallest absolute Gasteiger partial charge is 0.340 e. The van der Waals surface area contributed by atoms with Gasteiger partial charge in [0.1, 0.15) is 19.0 Å². The zero-order valence-corrected chi connectivity index (χ0v) is 52.5. The van der Waals surface area contributed by atoms with E-state index in [0.717, 1.165) is 50.3 Å². The van der Waals surface area contributed by atoms with Crippen molar-refractivity contribution in [1.82, 2.24) is 4.48 Å². The molecule has 460 valence electrons. The van der Waals surface area contributed by atoms with E-state index in [-0.39, 0.29) is 42.2 Å². The van der Waals surface area contributed by atoms with Crippen LogP contribution >= 0.6 is 0 Å². The summed E-state index contributed by atoms with van der Waals surface area (Å²) in [6, 6.07) is 67.2. The fraction of sp³-hybridized carbons (Fsp3) is 0.141. The van der Waals surface area contributed by atoms with Gasteiger partial charge >= 0.3 is 17.9 Å². The number of aryl methyl sites for hydroxylation is 3. The van der Waals surface area contributed by atoms with Gasteiger partial charge in [-0.25, -0.2) is 14.5 Å². The van der Waals surface area contributed by atoms with Gasteiger partial charge in [-0.15, -0.1) is 0 Å². The largest absolute Gasteiger partial charge is 0.497 e. The lowest BCUT2D eigenvalue weighted by Crippen LogP contribution is -2.40. The van der Waals surface area contributed by atoms with Crippen molar-refractivity contribution in [3.8, 4) is 16.9 Å². The first-order chi connectivity index (χ1) is 44.5. The minimum absolute atomic E-state index is 0.000318. The van der Waals surface area contributed by atoms with Crippen LogP contribution in [0.3, 0.4) is 0 Å². The first-order valence-corrected chi connectivity index (χ1v) is 30.7. The monoisotopic (exact) mass is 1220 g/mol. The highest BCUT2D eigenvalue weighted by Gasteiger charge is 2.35. The van der Waals surface area contributed by atoms with Gasteiger partial charge in [0.2, 0.25) is 7.69 Å². The minimum Gasteiger partial charge on any atom is -0.497 e. The summed E-state index contributed by atoms with van der Waals surface area (Å²) in [6.45, 7) is 14.6. The Kier molecular flexibility index (Phi) is 18.6. The summed E-state index contributed by atoms with van der Waals surface area (Å²) in [5, 5.41) is 1.42. The Morgan fingerprint density at radius 2 is 1.13 bits per heavy atom. The molecule has 9 aromatic carbocycles. The maximum atomic E-state index is 15.8. The van der Waals surface area contributed by atoms with Gasteiger partial charge in [-0.1, -0.05) is 146 Å². The van der Waals surface area contributed by atoms with E-state index < -0.39 is 37.4 Å². The maximum Gasteiger partial charge on any atom is 0.340 e. The summed E-state index contributed by atoms with van der Waals surface area (Å²) >= 11 is 0. The number of hydrogen-bond acceptors (Lipinski definition) is 10. The molecule has 0 saturated heterocycles. The number of nitrogens with zero attached hydrogens (tertiary/aromatic N) is 3. The van der Waals surface area contributed by atoms with Crippen LogP contribution in [-0.2, 0) is 38.7 Å². The maximum absolute atomic E-state index is 15.8. The van der Waals surface area contributed by atoms with Crippen LogP contribution in [0.4, 0.5) is 27.1 Å². The van der Waals surface area contributed by atoms with Crippen LogP contribution in [0, 0.1) is 27.7 Å². The molecule has 11 rings (SSSR count). The van der Waals surface area contributed by atoms with Gasteiger partial charge in [-0.2, -0.15) is 0 Å². The van der Waals surface area contributed by atoms with E-state index in [1.165, 1.54) is 9.38 Å². The summed E-state index contributed by atoms with van der Waals surface area (Å²) in [5.41, 5.74) is 20.4. The number of anilines is 4. The molecule has 0 aliphatic carbocycles. The van der Waals surface area contributed by atoms with Crippen molar-refractivity contribution in [1.29, 1.82) is 0 Å². The standard InChI is InChI=1S/C78H69BFN4O8/c1-48(2)68(77(88)90-46-55-22-12-8-13-23-55)51(5)73(81)72(74-52(6)70(53(7)84(74)79-80)78(89)91-47-56-24-14-9-15-25-56)69-49(3)44-62(45-50(69)4)92-67(85)33-20-26-54-34-38-61(39-35-54)83-75(86)65-32-21-31-64-63(42-43-66(71(64)65)76(83)87)57-36-40-60(41-37-57)82(58-27-16-10-17-28-58)59-29-18-11-19-30-59/h8-19,21-25,27-32,34-45H,1,20,26,33,46-47,79,81H2,2-7H3/q-1. The van der Waals surface area contributed by atoms with Crippen molar-refractivity contribution in [3.63, 3.8) is 0 Å². The van der Waals surface area contributed by atoms with Crippen LogP contribution in [0.2, 0.25) is 0 Å². The summed E-state index contributed by atoms with van der Waals surface area (Å²) in [7, 11) is -2.43. The van der Waals surface area contributed by atoms with Gasteiger partial charge in [-0.05, 0) is 199 Å². The van der Waals surface area contributed by atoms with E-state index in [0.29, 0.717) is 85.4 Å². The third-order valence-corrected chi connectivity index (χ3v) is 17.0. The molecule has 2 heterocycles. The predicted octanol–water partition coefficient (Wildman–Crippen LogP) is 16.3. The van der Waals surface area contributed by atoms with Crippen molar-refractivity contribution in [3.05, 3.63) is 308 Å². The molecule has 0 unspecified atom stereocenters. The number of halogens is 1. The zero-order valence-electron chi connectivity index (χ0n) is 52.5. The summed E-state index contributed by atoms with van der Waals surface area (Å²) in [4.78, 5) is 73.9. The Hall–Kier alpha value is -11.1. The van der Waals surface area contributed by atoms with Gasteiger partial charge in [-0.3, -0.25) is 14.4 Å². The number of rotatable bonds is 21. The number of imide groups is 1. The number of para-hydroxylation sites is 2. The average Bonchev–Trinajstić information content (AvgIpc) is 0.899. The van der Waals surface area contributed by atoms with Crippen molar-refractivity contribution < 1.29 is 42.5 Å². The second-order valence-corrected chi connectivity index (χ2v) is 23.2. The number of hydrogen-bond donors (Lipinski definition) is 1. The molecule has 0 bridgehead atoms.